The molecule has 1 aromatic carbocycles. The van der Waals surface area contributed by atoms with Crippen molar-refractivity contribution >= 4 is 11.3 Å². The van der Waals surface area contributed by atoms with Crippen LogP contribution in [0.1, 0.15) is 31.4 Å². The van der Waals surface area contributed by atoms with E-state index in [2.05, 4.69) is 10.3 Å². The summed E-state index contributed by atoms with van der Waals surface area (Å²) in [6, 6.07) is 6.70. The van der Waals surface area contributed by atoms with Gasteiger partial charge in [-0.15, -0.1) is 11.3 Å². The lowest BCUT2D eigenvalue weighted by Gasteiger charge is -2.20. The van der Waals surface area contributed by atoms with Gasteiger partial charge in [-0.25, -0.2) is 4.98 Å². The maximum absolute atomic E-state index is 8.97. The third-order valence-electron chi connectivity index (χ3n) is 4.45. The topological polar surface area (TPSA) is 54.8 Å². The third kappa shape index (κ3) is 3.55. The summed E-state index contributed by atoms with van der Waals surface area (Å²) in [7, 11) is 0. The molecule has 128 valence electrons. The van der Waals surface area contributed by atoms with Gasteiger partial charge in [0.1, 0.15) is 5.01 Å². The van der Waals surface area contributed by atoms with E-state index in [1.54, 1.807) is 11.3 Å². The molecule has 0 atom stereocenters. The lowest BCUT2D eigenvalue weighted by Crippen LogP contribution is -2.27. The molecule has 1 aromatic heterocycles. The molecule has 0 amide bonds. The van der Waals surface area contributed by atoms with Crippen molar-refractivity contribution in [2.24, 2.45) is 0 Å². The van der Waals surface area contributed by atoms with E-state index < -0.39 is 0 Å². The molecule has 0 unspecified atom stereocenters. The summed E-state index contributed by atoms with van der Waals surface area (Å²) in [5.74, 6) is 1.60. The second kappa shape index (κ2) is 7.09. The molecule has 24 heavy (non-hydrogen) atoms. The number of unbranched alkanes of at least 4 members (excludes halogenated alkanes) is 1. The zero-order chi connectivity index (χ0) is 16.4. The van der Waals surface area contributed by atoms with Gasteiger partial charge in [0.25, 0.3) is 0 Å². The molecule has 4 rings (SSSR count). The molecule has 2 aromatic rings. The Morgan fingerprint density at radius 3 is 2.92 bits per heavy atom. The highest BCUT2D eigenvalue weighted by atomic mass is 32.1. The van der Waals surface area contributed by atoms with E-state index in [0.29, 0.717) is 12.8 Å². The second-order valence-corrected chi connectivity index (χ2v) is 7.20. The van der Waals surface area contributed by atoms with Crippen LogP contribution in [0.5, 0.6) is 11.5 Å². The molecule has 1 aliphatic carbocycles. The number of benzene rings is 1. The Labute approximate surface area is 145 Å². The Kier molecular flexibility index (Phi) is 4.69. The van der Waals surface area contributed by atoms with E-state index >= 15 is 0 Å². The Balaban J connectivity index is 1.44. The van der Waals surface area contributed by atoms with E-state index in [4.69, 9.17) is 19.6 Å². The lowest BCUT2D eigenvalue weighted by molar-refractivity contribution is 0.174. The highest BCUT2D eigenvalue weighted by Crippen LogP contribution is 2.37. The molecule has 0 bridgehead atoms. The van der Waals surface area contributed by atoms with Crippen LogP contribution >= 0.6 is 11.3 Å². The highest BCUT2D eigenvalue weighted by Gasteiger charge is 2.29. The highest BCUT2D eigenvalue weighted by molar-refractivity contribution is 7.13. The predicted octanol–water partition coefficient (Wildman–Crippen LogP) is 3.28. The molecule has 2 aliphatic rings. The number of aliphatic hydroxyl groups excluding tert-OH is 1. The number of fused-ring (bicyclic) bond motifs is 1. The zero-order valence-electron chi connectivity index (χ0n) is 13.6. The molecule has 1 N–H and O–H groups in total. The van der Waals surface area contributed by atoms with Crippen molar-refractivity contribution < 1.29 is 14.6 Å². The molecular weight excluding hydrogens is 324 g/mol. The van der Waals surface area contributed by atoms with Crippen molar-refractivity contribution in [2.45, 2.75) is 38.3 Å². The Bertz CT molecular complexity index is 699. The Morgan fingerprint density at radius 2 is 2.08 bits per heavy atom. The standard InChI is InChI=1S/C18H22N2O3S/c21-8-2-1-7-20(15-4-5-15)10-14-11-24-18(19-14)13-3-6-16-17(9-13)23-12-22-16/h3,6,9,11,15,21H,1-2,4-5,7-8,10,12H2. The van der Waals surface area contributed by atoms with Gasteiger partial charge in [0.2, 0.25) is 6.79 Å². The Morgan fingerprint density at radius 1 is 1.21 bits per heavy atom. The van der Waals surface area contributed by atoms with Crippen LogP contribution in [0.25, 0.3) is 10.6 Å². The van der Waals surface area contributed by atoms with E-state index in [1.165, 1.54) is 12.8 Å². The minimum atomic E-state index is 0.281. The van der Waals surface area contributed by atoms with Crippen LogP contribution in [0.3, 0.4) is 0 Å². The minimum Gasteiger partial charge on any atom is -0.454 e. The molecule has 1 saturated carbocycles. The summed E-state index contributed by atoms with van der Waals surface area (Å²) in [5, 5.41) is 12.1. The van der Waals surface area contributed by atoms with Crippen molar-refractivity contribution in [3.63, 3.8) is 0 Å². The van der Waals surface area contributed by atoms with E-state index in [-0.39, 0.29) is 6.61 Å². The molecule has 0 saturated heterocycles. The van der Waals surface area contributed by atoms with Crippen LogP contribution < -0.4 is 9.47 Å². The van der Waals surface area contributed by atoms with Crippen LogP contribution in [0.4, 0.5) is 0 Å². The fraction of sp³-hybridized carbons (Fsp3) is 0.500. The summed E-state index contributed by atoms with van der Waals surface area (Å²) >= 11 is 1.68. The second-order valence-electron chi connectivity index (χ2n) is 6.34. The molecule has 5 nitrogen and oxygen atoms in total. The van der Waals surface area contributed by atoms with Gasteiger partial charge in [0.05, 0.1) is 5.69 Å². The summed E-state index contributed by atoms with van der Waals surface area (Å²) in [5.41, 5.74) is 2.21. The molecule has 1 fully saturated rings. The smallest absolute Gasteiger partial charge is 0.231 e. The number of aromatic nitrogens is 1. The van der Waals surface area contributed by atoms with Gasteiger partial charge in [-0.2, -0.15) is 0 Å². The van der Waals surface area contributed by atoms with Gasteiger partial charge in [-0.05, 0) is 50.4 Å². The summed E-state index contributed by atoms with van der Waals surface area (Å²) in [6.45, 7) is 2.52. The van der Waals surface area contributed by atoms with Gasteiger partial charge in [-0.3, -0.25) is 4.90 Å². The van der Waals surface area contributed by atoms with Crippen LogP contribution in [-0.2, 0) is 6.54 Å². The first-order chi connectivity index (χ1) is 11.8. The normalized spacial score (nSPS) is 16.1. The molecular formula is C18H22N2O3S. The number of hydrogen-bond donors (Lipinski definition) is 1. The first kappa shape index (κ1) is 15.9. The zero-order valence-corrected chi connectivity index (χ0v) is 14.4. The largest absolute Gasteiger partial charge is 0.454 e. The number of thiazole rings is 1. The van der Waals surface area contributed by atoms with Gasteiger partial charge in [0, 0.05) is 30.1 Å². The van der Waals surface area contributed by atoms with Crippen LogP contribution in [0, 0.1) is 0 Å². The number of aliphatic hydroxyl groups is 1. The Hall–Kier alpha value is -1.63. The van der Waals surface area contributed by atoms with Crippen molar-refractivity contribution in [3.05, 3.63) is 29.3 Å². The fourth-order valence-corrected chi connectivity index (χ4v) is 3.81. The molecule has 1 aliphatic heterocycles. The SMILES string of the molecule is OCCCCN(Cc1csc(-c2ccc3c(c2)OCO3)n1)C1CC1. The van der Waals surface area contributed by atoms with Crippen molar-refractivity contribution in [1.29, 1.82) is 0 Å². The van der Waals surface area contributed by atoms with Crippen molar-refractivity contribution in [3.8, 4) is 22.1 Å². The van der Waals surface area contributed by atoms with Crippen molar-refractivity contribution in [1.82, 2.24) is 9.88 Å². The van der Waals surface area contributed by atoms with E-state index in [9.17, 15) is 0 Å². The third-order valence-corrected chi connectivity index (χ3v) is 5.39. The monoisotopic (exact) mass is 346 g/mol. The van der Waals surface area contributed by atoms with Crippen LogP contribution in [-0.4, -0.2) is 41.0 Å². The fourth-order valence-electron chi connectivity index (χ4n) is 3.01. The van der Waals surface area contributed by atoms with Gasteiger partial charge >= 0.3 is 0 Å². The first-order valence-electron chi connectivity index (χ1n) is 8.53. The molecule has 0 radical (unpaired) electrons. The van der Waals surface area contributed by atoms with Crippen LogP contribution in [0.2, 0.25) is 0 Å². The number of ether oxygens (including phenoxy) is 2. The van der Waals surface area contributed by atoms with E-state index in [1.807, 2.05) is 18.2 Å². The molecule has 6 heteroatoms. The van der Waals surface area contributed by atoms with Crippen LogP contribution in [0.15, 0.2) is 23.6 Å². The minimum absolute atomic E-state index is 0.281. The van der Waals surface area contributed by atoms with Crippen molar-refractivity contribution in [2.75, 3.05) is 19.9 Å². The first-order valence-corrected chi connectivity index (χ1v) is 9.41. The summed E-state index contributed by atoms with van der Waals surface area (Å²) in [6.07, 6.45) is 4.51. The van der Waals surface area contributed by atoms with E-state index in [0.717, 1.165) is 53.7 Å². The number of hydrogen-bond acceptors (Lipinski definition) is 6. The lowest BCUT2D eigenvalue weighted by atomic mass is 10.2. The predicted molar refractivity (Wildman–Crippen MR) is 93.4 cm³/mol. The number of rotatable bonds is 8. The number of nitrogens with zero attached hydrogens (tertiary/aromatic N) is 2. The average Bonchev–Trinajstić information content (AvgIpc) is 3.16. The maximum atomic E-state index is 8.97. The molecule has 2 heterocycles. The summed E-state index contributed by atoms with van der Waals surface area (Å²) in [4.78, 5) is 7.32. The van der Waals surface area contributed by atoms with Gasteiger partial charge in [0.15, 0.2) is 11.5 Å². The maximum Gasteiger partial charge on any atom is 0.231 e. The summed E-state index contributed by atoms with van der Waals surface area (Å²) < 4.78 is 10.8. The van der Waals surface area contributed by atoms with Gasteiger partial charge < -0.3 is 14.6 Å². The molecule has 0 spiro atoms. The van der Waals surface area contributed by atoms with Gasteiger partial charge in [-0.1, -0.05) is 0 Å². The average molecular weight is 346 g/mol. The quantitative estimate of drug-likeness (QED) is 0.744.